The number of fused-ring (bicyclic) bond motifs is 1. The molecule has 1 heterocycles. The van der Waals surface area contributed by atoms with Crippen molar-refractivity contribution in [1.29, 1.82) is 5.26 Å². The Morgan fingerprint density at radius 2 is 2.28 bits per heavy atom. The fourth-order valence-corrected chi connectivity index (χ4v) is 3.58. The molecule has 0 spiro atoms. The second kappa shape index (κ2) is 6.75. The number of nitrogen functional groups attached to an aromatic ring is 1. The smallest absolute Gasteiger partial charge is 0.139 e. The quantitative estimate of drug-likeness (QED) is 0.620. The Morgan fingerprint density at radius 3 is 2.96 bits per heavy atom. The lowest BCUT2D eigenvalue weighted by Gasteiger charge is -2.39. The molecule has 0 bridgehead atoms. The highest BCUT2D eigenvalue weighted by Crippen LogP contribution is 2.36. The molecule has 0 aliphatic heterocycles. The first-order chi connectivity index (χ1) is 11.8. The summed E-state index contributed by atoms with van der Waals surface area (Å²) in [6.45, 7) is 0. The van der Waals surface area contributed by atoms with E-state index in [-0.39, 0.29) is 18.9 Å². The Labute approximate surface area is 152 Å². The van der Waals surface area contributed by atoms with Crippen molar-refractivity contribution in [3.63, 3.8) is 0 Å². The van der Waals surface area contributed by atoms with Gasteiger partial charge in [-0.1, -0.05) is 0 Å². The summed E-state index contributed by atoms with van der Waals surface area (Å²) >= 11 is 3.17. The molecule has 3 rings (SSSR count). The van der Waals surface area contributed by atoms with Gasteiger partial charge in [0.25, 0.3) is 0 Å². The fraction of sp³-hybridized carbons (Fsp3) is 0.412. The van der Waals surface area contributed by atoms with E-state index in [0.717, 1.165) is 0 Å². The minimum Gasteiger partial charge on any atom is -0.396 e. The van der Waals surface area contributed by atoms with Crippen LogP contribution in [0.3, 0.4) is 0 Å². The Balaban J connectivity index is 1.88. The van der Waals surface area contributed by atoms with E-state index in [2.05, 4.69) is 26.2 Å². The third-order valence-electron chi connectivity index (χ3n) is 4.73. The molecule has 3 atom stereocenters. The zero-order chi connectivity index (χ0) is 18.2. The van der Waals surface area contributed by atoms with Crippen molar-refractivity contribution in [3.8, 4) is 6.07 Å². The van der Waals surface area contributed by atoms with Crippen molar-refractivity contribution in [2.45, 2.75) is 43.4 Å². The number of benzene rings is 1. The van der Waals surface area contributed by atoms with Crippen LogP contribution in [-0.2, 0) is 0 Å². The topological polar surface area (TPSA) is 115 Å². The minimum absolute atomic E-state index is 0.104. The summed E-state index contributed by atoms with van der Waals surface area (Å²) in [7, 11) is 0. The maximum atomic E-state index is 13.7. The monoisotopic (exact) mass is 408 g/mol. The maximum absolute atomic E-state index is 13.7. The number of nitrogens with one attached hydrogen (secondary N) is 1. The van der Waals surface area contributed by atoms with Gasteiger partial charge in [-0.25, -0.2) is 4.39 Å². The van der Waals surface area contributed by atoms with Crippen LogP contribution in [0.1, 0.15) is 25.7 Å². The number of hydrogen-bond acceptors (Lipinski definition) is 6. The number of halogens is 2. The number of aliphatic hydroxyl groups is 2. The number of aromatic nitrogens is 1. The number of anilines is 2. The normalized spacial score (nSPS) is 26.4. The van der Waals surface area contributed by atoms with E-state index in [9.17, 15) is 14.6 Å². The van der Waals surface area contributed by atoms with Crippen molar-refractivity contribution in [2.75, 3.05) is 11.1 Å². The average Bonchev–Trinajstić information content (AvgIpc) is 2.56. The summed E-state index contributed by atoms with van der Waals surface area (Å²) in [5, 5.41) is 33.3. The first-order valence-electron chi connectivity index (χ1n) is 7.91. The summed E-state index contributed by atoms with van der Waals surface area (Å²) in [6, 6.07) is 4.72. The van der Waals surface area contributed by atoms with Crippen LogP contribution in [0.15, 0.2) is 22.8 Å². The number of aliphatic hydroxyl groups excluding tert-OH is 1. The standard InChI is InChI=1S/C17H18BrFN4O2/c18-11-6-10-14(7-12(11)19)22-8-13(21)16(10)23-9-1-2-17(25,3-4-20)15(24)5-9/h6-9,15,24-25H,1-3,5,21H2,(H,22,23). The lowest BCUT2D eigenvalue weighted by molar-refractivity contribution is -0.0984. The number of nitriles is 1. The van der Waals surface area contributed by atoms with Gasteiger partial charge in [-0.15, -0.1) is 0 Å². The van der Waals surface area contributed by atoms with Crippen LogP contribution < -0.4 is 11.1 Å². The summed E-state index contributed by atoms with van der Waals surface area (Å²) < 4.78 is 14.0. The molecule has 1 fully saturated rings. The van der Waals surface area contributed by atoms with Gasteiger partial charge in [-0.05, 0) is 41.3 Å². The number of nitrogens with zero attached hydrogens (tertiary/aromatic N) is 2. The molecule has 2 aromatic rings. The van der Waals surface area contributed by atoms with Crippen molar-refractivity contribution in [1.82, 2.24) is 4.98 Å². The van der Waals surface area contributed by atoms with Gasteiger partial charge in [0.1, 0.15) is 11.4 Å². The van der Waals surface area contributed by atoms with Gasteiger partial charge in [0, 0.05) is 17.5 Å². The first kappa shape index (κ1) is 17.9. The number of pyridine rings is 1. The molecule has 1 aliphatic rings. The molecule has 132 valence electrons. The highest BCUT2D eigenvalue weighted by Gasteiger charge is 2.41. The van der Waals surface area contributed by atoms with Crippen LogP contribution >= 0.6 is 15.9 Å². The number of nitrogens with two attached hydrogens (primary N) is 1. The van der Waals surface area contributed by atoms with E-state index in [1.165, 1.54) is 12.3 Å². The SMILES string of the molecule is N#CCC1(O)CCC(Nc2c(N)cnc3cc(F)c(Br)cc23)CC1O. The molecule has 1 aliphatic carbocycles. The molecule has 1 saturated carbocycles. The van der Waals surface area contributed by atoms with Crippen LogP contribution in [0.2, 0.25) is 0 Å². The van der Waals surface area contributed by atoms with Crippen LogP contribution in [0.4, 0.5) is 15.8 Å². The lowest BCUT2D eigenvalue weighted by Crippen LogP contribution is -2.49. The number of hydrogen-bond donors (Lipinski definition) is 4. The molecule has 6 nitrogen and oxygen atoms in total. The maximum Gasteiger partial charge on any atom is 0.139 e. The fourth-order valence-electron chi connectivity index (χ4n) is 3.24. The Morgan fingerprint density at radius 1 is 1.52 bits per heavy atom. The Bertz CT molecular complexity index is 857. The molecule has 0 saturated heterocycles. The van der Waals surface area contributed by atoms with Crippen LogP contribution in [0.25, 0.3) is 10.9 Å². The molecular weight excluding hydrogens is 391 g/mol. The Kier molecular flexibility index (Phi) is 4.82. The largest absolute Gasteiger partial charge is 0.396 e. The molecule has 5 N–H and O–H groups in total. The van der Waals surface area contributed by atoms with Crippen molar-refractivity contribution >= 4 is 38.2 Å². The molecule has 3 unspecified atom stereocenters. The van der Waals surface area contributed by atoms with Crippen molar-refractivity contribution < 1.29 is 14.6 Å². The van der Waals surface area contributed by atoms with Crippen LogP contribution in [0, 0.1) is 17.1 Å². The van der Waals surface area contributed by atoms with E-state index in [1.807, 2.05) is 6.07 Å². The van der Waals surface area contributed by atoms with Crippen molar-refractivity contribution in [3.05, 3.63) is 28.6 Å². The van der Waals surface area contributed by atoms with Gasteiger partial charge in [-0.2, -0.15) is 5.26 Å². The summed E-state index contributed by atoms with van der Waals surface area (Å²) in [5.41, 5.74) is 6.17. The molecule has 1 aromatic heterocycles. The van der Waals surface area contributed by atoms with Gasteiger partial charge < -0.3 is 21.3 Å². The lowest BCUT2D eigenvalue weighted by atomic mass is 9.78. The highest BCUT2D eigenvalue weighted by atomic mass is 79.9. The average molecular weight is 409 g/mol. The van der Waals surface area contributed by atoms with Gasteiger partial charge in [0.15, 0.2) is 0 Å². The molecule has 8 heteroatoms. The van der Waals surface area contributed by atoms with E-state index in [0.29, 0.717) is 39.6 Å². The summed E-state index contributed by atoms with van der Waals surface area (Å²) in [5.74, 6) is -0.412. The first-order valence-corrected chi connectivity index (χ1v) is 8.70. The zero-order valence-electron chi connectivity index (χ0n) is 13.3. The van der Waals surface area contributed by atoms with E-state index in [4.69, 9.17) is 11.0 Å². The van der Waals surface area contributed by atoms with Crippen molar-refractivity contribution in [2.24, 2.45) is 0 Å². The zero-order valence-corrected chi connectivity index (χ0v) is 14.9. The predicted molar refractivity (Wildman–Crippen MR) is 96.3 cm³/mol. The molecule has 0 radical (unpaired) electrons. The third kappa shape index (κ3) is 3.40. The summed E-state index contributed by atoms with van der Waals surface area (Å²) in [6.07, 6.45) is 1.51. The molecule has 0 amide bonds. The van der Waals surface area contributed by atoms with Gasteiger partial charge in [0.2, 0.25) is 0 Å². The molecule has 25 heavy (non-hydrogen) atoms. The van der Waals surface area contributed by atoms with Crippen LogP contribution in [0.5, 0.6) is 0 Å². The second-order valence-electron chi connectivity index (χ2n) is 6.44. The van der Waals surface area contributed by atoms with E-state index < -0.39 is 17.5 Å². The number of rotatable bonds is 3. The van der Waals surface area contributed by atoms with Crippen LogP contribution in [-0.4, -0.2) is 32.9 Å². The molecule has 1 aromatic carbocycles. The van der Waals surface area contributed by atoms with Gasteiger partial charge in [-0.3, -0.25) is 4.98 Å². The van der Waals surface area contributed by atoms with E-state index >= 15 is 0 Å². The highest BCUT2D eigenvalue weighted by molar-refractivity contribution is 9.10. The minimum atomic E-state index is -1.37. The Hall–Kier alpha value is -1.95. The second-order valence-corrected chi connectivity index (χ2v) is 7.30. The molecular formula is C17H18BrFN4O2. The summed E-state index contributed by atoms with van der Waals surface area (Å²) in [4.78, 5) is 4.15. The predicted octanol–water partition coefficient (Wildman–Crippen LogP) is 2.69. The van der Waals surface area contributed by atoms with E-state index in [1.54, 1.807) is 6.07 Å². The van der Waals surface area contributed by atoms with Gasteiger partial charge >= 0.3 is 0 Å². The van der Waals surface area contributed by atoms with Gasteiger partial charge in [0.05, 0.1) is 46.2 Å². The third-order valence-corrected chi connectivity index (χ3v) is 5.33.